The zero-order valence-electron chi connectivity index (χ0n) is 12.2. The summed E-state index contributed by atoms with van der Waals surface area (Å²) in [6.07, 6.45) is -0.481. The molecule has 0 aromatic heterocycles. The highest BCUT2D eigenvalue weighted by Crippen LogP contribution is 2.05. The molecule has 0 heterocycles. The Hall–Kier alpha value is -2.77. The van der Waals surface area contributed by atoms with Crippen molar-refractivity contribution >= 4 is 6.09 Å². The topological polar surface area (TPSA) is 64.3 Å². The lowest BCUT2D eigenvalue weighted by Gasteiger charge is -2.04. The Kier molecular flexibility index (Phi) is 6.03. The number of hydrogen-bond donors (Lipinski definition) is 2. The van der Waals surface area contributed by atoms with Crippen molar-refractivity contribution in [2.75, 3.05) is 6.54 Å². The molecular weight excluding hydrogens is 276 g/mol. The van der Waals surface area contributed by atoms with Crippen LogP contribution in [0.2, 0.25) is 0 Å². The Morgan fingerprint density at radius 1 is 1.09 bits per heavy atom. The summed E-state index contributed by atoms with van der Waals surface area (Å²) >= 11 is 0. The van der Waals surface area contributed by atoms with Crippen LogP contribution in [-0.4, -0.2) is 12.6 Å². The van der Waals surface area contributed by atoms with Crippen molar-refractivity contribution in [3.8, 4) is 11.8 Å². The third kappa shape index (κ3) is 4.97. The summed E-state index contributed by atoms with van der Waals surface area (Å²) in [6, 6.07) is 17.2. The van der Waals surface area contributed by atoms with E-state index in [1.807, 2.05) is 54.6 Å². The van der Waals surface area contributed by atoms with Crippen molar-refractivity contribution in [2.45, 2.75) is 13.2 Å². The van der Waals surface area contributed by atoms with E-state index in [9.17, 15) is 4.79 Å². The van der Waals surface area contributed by atoms with E-state index in [1.54, 1.807) is 0 Å². The minimum absolute atomic E-state index is 0.229. The molecule has 3 N–H and O–H groups in total. The molecule has 0 saturated carbocycles. The second kappa shape index (κ2) is 8.50. The number of alkyl carbamates (subject to hydrolysis) is 1. The molecule has 0 bridgehead atoms. The molecular formula is C18H18N2O2. The molecule has 0 unspecified atom stereocenters. The summed E-state index contributed by atoms with van der Waals surface area (Å²) in [5.41, 5.74) is 8.45. The number of hydrogen-bond acceptors (Lipinski definition) is 3. The summed E-state index contributed by atoms with van der Waals surface area (Å²) in [5.74, 6) is 5.88. The predicted molar refractivity (Wildman–Crippen MR) is 85.8 cm³/mol. The first-order valence-electron chi connectivity index (χ1n) is 7.01. The summed E-state index contributed by atoms with van der Waals surface area (Å²) in [6.45, 7) is 0.917. The summed E-state index contributed by atoms with van der Waals surface area (Å²) in [4.78, 5) is 11.5. The molecule has 0 aliphatic carbocycles. The van der Waals surface area contributed by atoms with E-state index in [1.165, 1.54) is 0 Å². The maximum Gasteiger partial charge on any atom is 0.408 e. The van der Waals surface area contributed by atoms with E-state index in [0.29, 0.717) is 6.54 Å². The van der Waals surface area contributed by atoms with Crippen molar-refractivity contribution in [3.05, 3.63) is 71.3 Å². The van der Waals surface area contributed by atoms with Gasteiger partial charge in [-0.1, -0.05) is 60.4 Å². The fourth-order valence-corrected chi connectivity index (χ4v) is 1.85. The lowest BCUT2D eigenvalue weighted by molar-refractivity contribution is 0.141. The van der Waals surface area contributed by atoms with Crippen LogP contribution in [0, 0.1) is 11.8 Å². The van der Waals surface area contributed by atoms with Crippen LogP contribution in [0.15, 0.2) is 54.6 Å². The number of nitrogens with two attached hydrogens (primary N) is 1. The van der Waals surface area contributed by atoms with Gasteiger partial charge in [-0.25, -0.2) is 4.79 Å². The summed E-state index contributed by atoms with van der Waals surface area (Å²) < 4.78 is 5.09. The second-order valence-electron chi connectivity index (χ2n) is 4.58. The van der Waals surface area contributed by atoms with Crippen LogP contribution < -0.4 is 11.1 Å². The number of carbonyl (C=O) groups excluding carboxylic acids is 1. The molecule has 0 aliphatic rings. The van der Waals surface area contributed by atoms with Crippen molar-refractivity contribution < 1.29 is 9.53 Å². The van der Waals surface area contributed by atoms with E-state index in [-0.39, 0.29) is 13.2 Å². The molecule has 22 heavy (non-hydrogen) atoms. The van der Waals surface area contributed by atoms with E-state index in [4.69, 9.17) is 10.5 Å². The SMILES string of the molecule is NCc1ccccc1C#CCNC(=O)OCc1ccccc1. The lowest BCUT2D eigenvalue weighted by Crippen LogP contribution is -2.24. The number of benzene rings is 2. The Morgan fingerprint density at radius 2 is 1.82 bits per heavy atom. The minimum Gasteiger partial charge on any atom is -0.445 e. The van der Waals surface area contributed by atoms with Gasteiger partial charge in [0.1, 0.15) is 6.61 Å². The Bertz CT molecular complexity index is 672. The zero-order chi connectivity index (χ0) is 15.6. The smallest absolute Gasteiger partial charge is 0.408 e. The molecule has 0 saturated heterocycles. The van der Waals surface area contributed by atoms with Crippen molar-refractivity contribution in [2.24, 2.45) is 5.73 Å². The van der Waals surface area contributed by atoms with Gasteiger partial charge in [0.15, 0.2) is 0 Å². The van der Waals surface area contributed by atoms with Gasteiger partial charge in [0, 0.05) is 12.1 Å². The normalized spacial score (nSPS) is 9.50. The van der Waals surface area contributed by atoms with Gasteiger partial charge in [-0.05, 0) is 17.2 Å². The highest BCUT2D eigenvalue weighted by molar-refractivity contribution is 5.67. The number of rotatable bonds is 4. The van der Waals surface area contributed by atoms with Crippen LogP contribution in [0.5, 0.6) is 0 Å². The van der Waals surface area contributed by atoms with Gasteiger partial charge < -0.3 is 15.8 Å². The molecule has 2 rings (SSSR count). The van der Waals surface area contributed by atoms with Crippen LogP contribution >= 0.6 is 0 Å². The molecule has 112 valence electrons. The largest absolute Gasteiger partial charge is 0.445 e. The summed E-state index contributed by atoms with van der Waals surface area (Å²) in [7, 11) is 0. The monoisotopic (exact) mass is 294 g/mol. The number of ether oxygens (including phenoxy) is 1. The molecule has 0 atom stereocenters. The van der Waals surface area contributed by atoms with Crippen molar-refractivity contribution in [3.63, 3.8) is 0 Å². The molecule has 0 aliphatic heterocycles. The fourth-order valence-electron chi connectivity index (χ4n) is 1.85. The van der Waals surface area contributed by atoms with Crippen LogP contribution in [0.3, 0.4) is 0 Å². The van der Waals surface area contributed by atoms with E-state index in [0.717, 1.165) is 16.7 Å². The zero-order valence-corrected chi connectivity index (χ0v) is 12.2. The molecule has 0 spiro atoms. The van der Waals surface area contributed by atoms with Crippen LogP contribution in [0.1, 0.15) is 16.7 Å². The van der Waals surface area contributed by atoms with Crippen molar-refractivity contribution in [1.29, 1.82) is 0 Å². The Balaban J connectivity index is 1.77. The molecule has 2 aromatic rings. The first kappa shape index (κ1) is 15.6. The van der Waals surface area contributed by atoms with Crippen LogP contribution in [0.4, 0.5) is 4.79 Å². The Morgan fingerprint density at radius 3 is 2.59 bits per heavy atom. The van der Waals surface area contributed by atoms with Gasteiger partial charge in [0.05, 0.1) is 6.54 Å². The predicted octanol–water partition coefficient (Wildman–Crippen LogP) is 2.42. The fraction of sp³-hybridized carbons (Fsp3) is 0.167. The van der Waals surface area contributed by atoms with Crippen molar-refractivity contribution in [1.82, 2.24) is 5.32 Å². The highest BCUT2D eigenvalue weighted by Gasteiger charge is 2.00. The molecule has 4 nitrogen and oxygen atoms in total. The minimum atomic E-state index is -0.481. The number of amides is 1. The lowest BCUT2D eigenvalue weighted by atomic mass is 10.1. The van der Waals surface area contributed by atoms with Gasteiger partial charge in [-0.3, -0.25) is 0 Å². The Labute approximate surface area is 130 Å². The average molecular weight is 294 g/mol. The van der Waals surface area contributed by atoms with E-state index in [2.05, 4.69) is 17.2 Å². The highest BCUT2D eigenvalue weighted by atomic mass is 16.5. The first-order chi connectivity index (χ1) is 10.8. The van der Waals surface area contributed by atoms with Gasteiger partial charge in [0.2, 0.25) is 0 Å². The summed E-state index contributed by atoms with van der Waals surface area (Å²) in [5, 5.41) is 2.59. The van der Waals surface area contributed by atoms with Gasteiger partial charge in [0.25, 0.3) is 0 Å². The maximum atomic E-state index is 11.5. The molecule has 0 radical (unpaired) electrons. The van der Waals surface area contributed by atoms with Gasteiger partial charge in [-0.2, -0.15) is 0 Å². The third-order valence-electron chi connectivity index (χ3n) is 2.99. The number of carbonyl (C=O) groups is 1. The molecule has 0 fully saturated rings. The molecule has 1 amide bonds. The van der Waals surface area contributed by atoms with E-state index >= 15 is 0 Å². The van der Waals surface area contributed by atoms with Gasteiger partial charge >= 0.3 is 6.09 Å². The molecule has 2 aromatic carbocycles. The third-order valence-corrected chi connectivity index (χ3v) is 2.99. The average Bonchev–Trinajstić information content (AvgIpc) is 2.58. The quantitative estimate of drug-likeness (QED) is 0.851. The first-order valence-corrected chi connectivity index (χ1v) is 7.01. The molecule has 4 heteroatoms. The van der Waals surface area contributed by atoms with Gasteiger partial charge in [-0.15, -0.1) is 0 Å². The standard InChI is InChI=1S/C18H18N2O2/c19-13-17-10-5-4-9-16(17)11-6-12-20-18(21)22-14-15-7-2-1-3-8-15/h1-5,7-10H,12-14,19H2,(H,20,21). The van der Waals surface area contributed by atoms with Crippen LogP contribution in [-0.2, 0) is 17.9 Å². The van der Waals surface area contributed by atoms with E-state index < -0.39 is 6.09 Å². The van der Waals surface area contributed by atoms with Crippen LogP contribution in [0.25, 0.3) is 0 Å². The number of nitrogens with one attached hydrogen (secondary N) is 1. The maximum absolute atomic E-state index is 11.5. The second-order valence-corrected chi connectivity index (χ2v) is 4.58.